The largest absolute Gasteiger partial charge is 0.472 e. The summed E-state index contributed by atoms with van der Waals surface area (Å²) in [5.74, 6) is -0.286. The Morgan fingerprint density at radius 3 is 2.75 bits per heavy atom. The second kappa shape index (κ2) is 6.91. The van der Waals surface area contributed by atoms with Gasteiger partial charge in [-0.15, -0.1) is 0 Å². The summed E-state index contributed by atoms with van der Waals surface area (Å²) in [6, 6.07) is 7.55. The number of anilines is 1. The van der Waals surface area contributed by atoms with Crippen LogP contribution in [0.25, 0.3) is 0 Å². The second-order valence-corrected chi connectivity index (χ2v) is 6.39. The zero-order valence-corrected chi connectivity index (χ0v) is 14.0. The molecule has 2 amide bonds. The van der Waals surface area contributed by atoms with E-state index in [0.717, 1.165) is 24.1 Å². The van der Waals surface area contributed by atoms with Crippen molar-refractivity contribution in [1.82, 2.24) is 4.90 Å². The van der Waals surface area contributed by atoms with Gasteiger partial charge in [-0.2, -0.15) is 0 Å². The highest BCUT2D eigenvalue weighted by Gasteiger charge is 2.29. The van der Waals surface area contributed by atoms with Crippen molar-refractivity contribution in [2.24, 2.45) is 5.92 Å². The Balaban J connectivity index is 1.64. The van der Waals surface area contributed by atoms with Crippen LogP contribution in [0, 0.1) is 19.8 Å². The molecule has 5 heteroatoms. The van der Waals surface area contributed by atoms with Crippen LogP contribution in [-0.2, 0) is 4.79 Å². The van der Waals surface area contributed by atoms with Gasteiger partial charge in [-0.1, -0.05) is 6.07 Å². The highest BCUT2D eigenvalue weighted by Crippen LogP contribution is 2.21. The maximum absolute atomic E-state index is 12.6. The topological polar surface area (TPSA) is 62.6 Å². The summed E-state index contributed by atoms with van der Waals surface area (Å²) >= 11 is 0. The minimum atomic E-state index is -0.184. The first-order valence-corrected chi connectivity index (χ1v) is 8.24. The van der Waals surface area contributed by atoms with Crippen molar-refractivity contribution in [2.45, 2.75) is 26.7 Å². The molecule has 2 heterocycles. The van der Waals surface area contributed by atoms with Crippen molar-refractivity contribution in [3.63, 3.8) is 0 Å². The van der Waals surface area contributed by atoms with Crippen molar-refractivity contribution < 1.29 is 14.0 Å². The first-order chi connectivity index (χ1) is 11.5. The van der Waals surface area contributed by atoms with Crippen LogP contribution in [0.2, 0.25) is 0 Å². The number of carbonyl (C=O) groups is 2. The molecule has 1 unspecified atom stereocenters. The van der Waals surface area contributed by atoms with E-state index >= 15 is 0 Å². The third-order valence-electron chi connectivity index (χ3n) is 4.62. The first-order valence-electron chi connectivity index (χ1n) is 8.24. The summed E-state index contributed by atoms with van der Waals surface area (Å²) in [5, 5.41) is 2.98. The number of aryl methyl sites for hydroxylation is 2. The summed E-state index contributed by atoms with van der Waals surface area (Å²) in [6.45, 7) is 5.19. The van der Waals surface area contributed by atoms with Crippen molar-refractivity contribution in [3.8, 4) is 0 Å². The number of amides is 2. The van der Waals surface area contributed by atoms with E-state index in [1.165, 1.54) is 18.1 Å². The quantitative estimate of drug-likeness (QED) is 0.940. The summed E-state index contributed by atoms with van der Waals surface area (Å²) < 4.78 is 4.97. The number of likely N-dealkylation sites (tertiary alicyclic amines) is 1. The lowest BCUT2D eigenvalue weighted by Crippen LogP contribution is -2.43. The molecule has 1 aliphatic heterocycles. The van der Waals surface area contributed by atoms with Crippen LogP contribution in [0.4, 0.5) is 5.69 Å². The Labute approximate surface area is 141 Å². The molecule has 0 bridgehead atoms. The van der Waals surface area contributed by atoms with Crippen LogP contribution in [0.3, 0.4) is 0 Å². The number of rotatable bonds is 3. The number of carbonyl (C=O) groups excluding carboxylic acids is 2. The highest BCUT2D eigenvalue weighted by molar-refractivity contribution is 5.96. The number of nitrogens with one attached hydrogen (secondary N) is 1. The molecule has 0 aliphatic carbocycles. The number of nitrogens with zero attached hydrogens (tertiary/aromatic N) is 1. The number of piperidine rings is 1. The van der Waals surface area contributed by atoms with E-state index in [1.54, 1.807) is 11.0 Å². The molecule has 0 spiro atoms. The molecule has 5 nitrogen and oxygen atoms in total. The summed E-state index contributed by atoms with van der Waals surface area (Å²) in [4.78, 5) is 26.7. The molecular weight excluding hydrogens is 304 g/mol. The Bertz CT molecular complexity index is 737. The normalized spacial score (nSPS) is 17.6. The predicted octanol–water partition coefficient (Wildman–Crippen LogP) is 3.39. The fourth-order valence-electron chi connectivity index (χ4n) is 3.01. The van der Waals surface area contributed by atoms with Gasteiger partial charge >= 0.3 is 0 Å². The number of hydrogen-bond acceptors (Lipinski definition) is 3. The van der Waals surface area contributed by atoms with Gasteiger partial charge < -0.3 is 14.6 Å². The lowest BCUT2D eigenvalue weighted by Gasteiger charge is -2.31. The van der Waals surface area contributed by atoms with Crippen molar-refractivity contribution in [1.29, 1.82) is 0 Å². The maximum atomic E-state index is 12.6. The molecule has 1 aliphatic rings. The minimum Gasteiger partial charge on any atom is -0.472 e. The predicted molar refractivity (Wildman–Crippen MR) is 91.9 cm³/mol. The molecule has 3 rings (SSSR count). The van der Waals surface area contributed by atoms with Crippen LogP contribution < -0.4 is 5.32 Å². The number of hydrogen-bond donors (Lipinski definition) is 1. The van der Waals surface area contributed by atoms with E-state index in [4.69, 9.17) is 4.42 Å². The van der Waals surface area contributed by atoms with Gasteiger partial charge in [-0.25, -0.2) is 0 Å². The van der Waals surface area contributed by atoms with Gasteiger partial charge in [-0.05, 0) is 56.0 Å². The fourth-order valence-corrected chi connectivity index (χ4v) is 3.01. The second-order valence-electron chi connectivity index (χ2n) is 6.39. The Kier molecular flexibility index (Phi) is 4.69. The molecule has 1 aromatic carbocycles. The van der Waals surface area contributed by atoms with E-state index in [9.17, 15) is 9.59 Å². The van der Waals surface area contributed by atoms with Gasteiger partial charge in [0, 0.05) is 18.8 Å². The Morgan fingerprint density at radius 1 is 1.21 bits per heavy atom. The summed E-state index contributed by atoms with van der Waals surface area (Å²) in [7, 11) is 0. The van der Waals surface area contributed by atoms with E-state index in [2.05, 4.69) is 5.32 Å². The van der Waals surface area contributed by atoms with E-state index in [-0.39, 0.29) is 17.7 Å². The molecule has 126 valence electrons. The monoisotopic (exact) mass is 326 g/mol. The van der Waals surface area contributed by atoms with E-state index in [1.807, 2.05) is 32.0 Å². The number of furan rings is 1. The third kappa shape index (κ3) is 3.50. The molecule has 1 aromatic heterocycles. The van der Waals surface area contributed by atoms with Crippen molar-refractivity contribution in [2.75, 3.05) is 18.4 Å². The van der Waals surface area contributed by atoms with Crippen LogP contribution >= 0.6 is 0 Å². The Morgan fingerprint density at radius 2 is 2.04 bits per heavy atom. The lowest BCUT2D eigenvalue weighted by molar-refractivity contribution is -0.121. The fraction of sp³-hybridized carbons (Fsp3) is 0.368. The molecule has 2 aromatic rings. The van der Waals surface area contributed by atoms with E-state index in [0.29, 0.717) is 18.7 Å². The van der Waals surface area contributed by atoms with Gasteiger partial charge in [0.05, 0.1) is 17.7 Å². The standard InChI is InChI=1S/C19H22N2O3/c1-13-5-6-17(10-14(13)2)20-18(22)15-4-3-8-21(11-15)19(23)16-7-9-24-12-16/h5-7,9-10,12,15H,3-4,8,11H2,1-2H3,(H,20,22). The van der Waals surface area contributed by atoms with Gasteiger partial charge in [0.1, 0.15) is 6.26 Å². The van der Waals surface area contributed by atoms with E-state index < -0.39 is 0 Å². The molecule has 1 saturated heterocycles. The molecular formula is C19H22N2O3. The third-order valence-corrected chi connectivity index (χ3v) is 4.62. The Hall–Kier alpha value is -2.56. The van der Waals surface area contributed by atoms with Crippen molar-refractivity contribution in [3.05, 3.63) is 53.5 Å². The van der Waals surface area contributed by atoms with Crippen LogP contribution in [0.15, 0.2) is 41.2 Å². The highest BCUT2D eigenvalue weighted by atomic mass is 16.3. The minimum absolute atomic E-state index is 0.0250. The molecule has 24 heavy (non-hydrogen) atoms. The van der Waals surface area contributed by atoms with Gasteiger partial charge in [0.15, 0.2) is 0 Å². The number of benzene rings is 1. The smallest absolute Gasteiger partial charge is 0.257 e. The average Bonchev–Trinajstić information content (AvgIpc) is 3.12. The summed E-state index contributed by atoms with van der Waals surface area (Å²) in [6.07, 6.45) is 4.56. The zero-order valence-electron chi connectivity index (χ0n) is 14.0. The van der Waals surface area contributed by atoms with Crippen molar-refractivity contribution >= 4 is 17.5 Å². The molecule has 1 fully saturated rings. The molecule has 1 atom stereocenters. The average molecular weight is 326 g/mol. The zero-order chi connectivity index (χ0) is 17.1. The maximum Gasteiger partial charge on any atom is 0.257 e. The van der Waals surface area contributed by atoms with Crippen LogP contribution in [-0.4, -0.2) is 29.8 Å². The molecule has 0 saturated carbocycles. The van der Waals surface area contributed by atoms with Gasteiger partial charge in [0.2, 0.25) is 5.91 Å². The lowest BCUT2D eigenvalue weighted by atomic mass is 9.96. The summed E-state index contributed by atoms with van der Waals surface area (Å²) in [5.41, 5.74) is 3.68. The van der Waals surface area contributed by atoms with Crippen LogP contribution in [0.5, 0.6) is 0 Å². The van der Waals surface area contributed by atoms with Gasteiger partial charge in [-0.3, -0.25) is 9.59 Å². The van der Waals surface area contributed by atoms with Gasteiger partial charge in [0.25, 0.3) is 5.91 Å². The molecule has 1 N–H and O–H groups in total. The first kappa shape index (κ1) is 16.3. The molecule has 0 radical (unpaired) electrons. The van der Waals surface area contributed by atoms with Crippen LogP contribution in [0.1, 0.15) is 34.3 Å². The SMILES string of the molecule is Cc1ccc(NC(=O)C2CCCN(C(=O)c3ccoc3)C2)cc1C.